The standard InChI is InChI=1S/C10H12N2/c1-4-10(11-3)9-5-6-12-8(2)7-9/h4-7H,1H2,2-3H3. The molecule has 62 valence electrons. The van der Waals surface area contributed by atoms with Crippen LogP contribution in [0.5, 0.6) is 0 Å². The van der Waals surface area contributed by atoms with Crippen LogP contribution in [0, 0.1) is 6.92 Å². The Kier molecular flexibility index (Phi) is 2.75. The molecule has 0 aliphatic rings. The molecule has 0 saturated heterocycles. The van der Waals surface area contributed by atoms with Gasteiger partial charge in [0, 0.05) is 24.5 Å². The van der Waals surface area contributed by atoms with Crippen molar-refractivity contribution in [2.45, 2.75) is 6.92 Å². The minimum Gasteiger partial charge on any atom is -0.288 e. The Balaban J connectivity index is 3.10. The Morgan fingerprint density at radius 1 is 1.67 bits per heavy atom. The summed E-state index contributed by atoms with van der Waals surface area (Å²) in [4.78, 5) is 8.19. The van der Waals surface area contributed by atoms with E-state index in [2.05, 4.69) is 16.6 Å². The maximum atomic E-state index is 4.10. The average Bonchev–Trinajstić information content (AvgIpc) is 2.07. The van der Waals surface area contributed by atoms with E-state index in [4.69, 9.17) is 0 Å². The summed E-state index contributed by atoms with van der Waals surface area (Å²) in [5, 5.41) is 0. The fourth-order valence-electron chi connectivity index (χ4n) is 1.04. The van der Waals surface area contributed by atoms with Gasteiger partial charge in [-0.3, -0.25) is 9.98 Å². The van der Waals surface area contributed by atoms with Gasteiger partial charge in [0.15, 0.2) is 0 Å². The highest BCUT2D eigenvalue weighted by Gasteiger charge is 1.97. The van der Waals surface area contributed by atoms with Crippen LogP contribution in [0.3, 0.4) is 0 Å². The van der Waals surface area contributed by atoms with Crippen LogP contribution in [0.4, 0.5) is 0 Å². The van der Waals surface area contributed by atoms with Gasteiger partial charge in [-0.1, -0.05) is 6.58 Å². The zero-order valence-electron chi connectivity index (χ0n) is 7.41. The highest BCUT2D eigenvalue weighted by atomic mass is 14.7. The topological polar surface area (TPSA) is 25.2 Å². The summed E-state index contributed by atoms with van der Waals surface area (Å²) in [6, 6.07) is 3.92. The SMILES string of the molecule is C=CC(=NC)c1ccnc(C)c1. The van der Waals surface area contributed by atoms with Crippen molar-refractivity contribution in [1.29, 1.82) is 0 Å². The number of aliphatic imine (C=N–C) groups is 1. The van der Waals surface area contributed by atoms with Gasteiger partial charge in [0.1, 0.15) is 0 Å². The number of pyridine rings is 1. The molecule has 1 aromatic rings. The van der Waals surface area contributed by atoms with E-state index in [1.807, 2.05) is 19.1 Å². The number of rotatable bonds is 2. The highest BCUT2D eigenvalue weighted by Crippen LogP contribution is 2.03. The molecule has 1 heterocycles. The molecule has 0 saturated carbocycles. The van der Waals surface area contributed by atoms with Gasteiger partial charge in [0.05, 0.1) is 5.71 Å². The van der Waals surface area contributed by atoms with Crippen molar-refractivity contribution in [3.63, 3.8) is 0 Å². The van der Waals surface area contributed by atoms with Crippen LogP contribution in [0.15, 0.2) is 36.0 Å². The van der Waals surface area contributed by atoms with E-state index in [1.165, 1.54) is 0 Å². The molecule has 0 bridgehead atoms. The van der Waals surface area contributed by atoms with Crippen LogP contribution in [0.25, 0.3) is 0 Å². The van der Waals surface area contributed by atoms with Gasteiger partial charge in [0.2, 0.25) is 0 Å². The van der Waals surface area contributed by atoms with Gasteiger partial charge in [0.25, 0.3) is 0 Å². The predicted octanol–water partition coefficient (Wildman–Crippen LogP) is 1.99. The molecule has 0 aromatic carbocycles. The van der Waals surface area contributed by atoms with Crippen molar-refractivity contribution in [2.24, 2.45) is 4.99 Å². The molecular formula is C10H12N2. The molecule has 0 atom stereocenters. The Morgan fingerprint density at radius 2 is 2.42 bits per heavy atom. The summed E-state index contributed by atoms with van der Waals surface area (Å²) in [6.07, 6.45) is 3.52. The van der Waals surface area contributed by atoms with Crippen LogP contribution < -0.4 is 0 Å². The summed E-state index contributed by atoms with van der Waals surface area (Å²) in [5.74, 6) is 0. The molecule has 12 heavy (non-hydrogen) atoms. The fourth-order valence-corrected chi connectivity index (χ4v) is 1.04. The highest BCUT2D eigenvalue weighted by molar-refractivity contribution is 6.08. The molecule has 0 aliphatic heterocycles. The van der Waals surface area contributed by atoms with Crippen LogP contribution in [0.1, 0.15) is 11.3 Å². The molecule has 0 N–H and O–H groups in total. The first kappa shape index (κ1) is 8.65. The van der Waals surface area contributed by atoms with Crippen LogP contribution in [0.2, 0.25) is 0 Å². The van der Waals surface area contributed by atoms with Crippen molar-refractivity contribution in [3.05, 3.63) is 42.2 Å². The maximum Gasteiger partial charge on any atom is 0.0638 e. The molecule has 0 unspecified atom stereocenters. The molecular weight excluding hydrogens is 148 g/mol. The minimum atomic E-state index is 0.903. The van der Waals surface area contributed by atoms with Gasteiger partial charge >= 0.3 is 0 Å². The van der Waals surface area contributed by atoms with E-state index >= 15 is 0 Å². The van der Waals surface area contributed by atoms with E-state index in [1.54, 1.807) is 19.3 Å². The van der Waals surface area contributed by atoms with Gasteiger partial charge in [-0.15, -0.1) is 0 Å². The van der Waals surface area contributed by atoms with Crippen LogP contribution >= 0.6 is 0 Å². The normalized spacial score (nSPS) is 11.3. The largest absolute Gasteiger partial charge is 0.288 e. The maximum absolute atomic E-state index is 4.10. The lowest BCUT2D eigenvalue weighted by molar-refractivity contribution is 1.19. The number of hydrogen-bond acceptors (Lipinski definition) is 2. The molecule has 1 rings (SSSR count). The number of aromatic nitrogens is 1. The molecule has 0 fully saturated rings. The number of allylic oxidation sites excluding steroid dienone is 1. The van der Waals surface area contributed by atoms with Crippen molar-refractivity contribution < 1.29 is 0 Å². The lowest BCUT2D eigenvalue weighted by Crippen LogP contribution is -1.96. The van der Waals surface area contributed by atoms with Gasteiger partial charge in [-0.25, -0.2) is 0 Å². The minimum absolute atomic E-state index is 0.903. The molecule has 1 aromatic heterocycles. The Labute approximate surface area is 72.7 Å². The third-order valence-electron chi connectivity index (χ3n) is 1.63. The summed E-state index contributed by atoms with van der Waals surface area (Å²) >= 11 is 0. The summed E-state index contributed by atoms with van der Waals surface area (Å²) in [6.45, 7) is 5.64. The van der Waals surface area contributed by atoms with Gasteiger partial charge < -0.3 is 0 Å². The number of nitrogens with zero attached hydrogens (tertiary/aromatic N) is 2. The molecule has 0 aliphatic carbocycles. The quantitative estimate of drug-likeness (QED) is 0.607. The summed E-state index contributed by atoms with van der Waals surface area (Å²) < 4.78 is 0. The molecule has 2 nitrogen and oxygen atoms in total. The second-order valence-electron chi connectivity index (χ2n) is 2.50. The van der Waals surface area contributed by atoms with Gasteiger partial charge in [-0.05, 0) is 25.1 Å². The van der Waals surface area contributed by atoms with E-state index in [0.717, 1.165) is 17.0 Å². The molecule has 0 spiro atoms. The summed E-state index contributed by atoms with van der Waals surface area (Å²) in [7, 11) is 1.76. The van der Waals surface area contributed by atoms with Crippen molar-refractivity contribution >= 4 is 5.71 Å². The number of hydrogen-bond donors (Lipinski definition) is 0. The van der Waals surface area contributed by atoms with Crippen LogP contribution in [-0.2, 0) is 0 Å². The molecule has 0 radical (unpaired) electrons. The van der Waals surface area contributed by atoms with Crippen molar-refractivity contribution in [1.82, 2.24) is 4.98 Å². The zero-order valence-corrected chi connectivity index (χ0v) is 7.41. The third kappa shape index (κ3) is 1.78. The first-order valence-electron chi connectivity index (χ1n) is 3.80. The monoisotopic (exact) mass is 160 g/mol. The van der Waals surface area contributed by atoms with E-state index in [9.17, 15) is 0 Å². The lowest BCUT2D eigenvalue weighted by atomic mass is 10.1. The first-order chi connectivity index (χ1) is 5.77. The Hall–Kier alpha value is -1.44. The third-order valence-corrected chi connectivity index (χ3v) is 1.63. The summed E-state index contributed by atoms with van der Waals surface area (Å²) in [5.41, 5.74) is 2.97. The average molecular weight is 160 g/mol. The Morgan fingerprint density at radius 3 is 2.92 bits per heavy atom. The van der Waals surface area contributed by atoms with Crippen molar-refractivity contribution in [3.8, 4) is 0 Å². The lowest BCUT2D eigenvalue weighted by Gasteiger charge is -1.99. The van der Waals surface area contributed by atoms with E-state index in [0.29, 0.717) is 0 Å². The van der Waals surface area contributed by atoms with Crippen LogP contribution in [-0.4, -0.2) is 17.7 Å². The molecule has 0 amide bonds. The van der Waals surface area contributed by atoms with Gasteiger partial charge in [-0.2, -0.15) is 0 Å². The zero-order chi connectivity index (χ0) is 8.97. The second-order valence-corrected chi connectivity index (χ2v) is 2.50. The smallest absolute Gasteiger partial charge is 0.0638 e. The van der Waals surface area contributed by atoms with E-state index in [-0.39, 0.29) is 0 Å². The van der Waals surface area contributed by atoms with Crippen molar-refractivity contribution in [2.75, 3.05) is 7.05 Å². The Bertz CT molecular complexity index is 313. The first-order valence-corrected chi connectivity index (χ1v) is 3.80. The number of aryl methyl sites for hydroxylation is 1. The van der Waals surface area contributed by atoms with E-state index < -0.39 is 0 Å². The second kappa shape index (κ2) is 3.81. The fraction of sp³-hybridized carbons (Fsp3) is 0.200. The predicted molar refractivity (Wildman–Crippen MR) is 51.6 cm³/mol. The molecule has 2 heteroatoms.